The summed E-state index contributed by atoms with van der Waals surface area (Å²) < 4.78 is 19.4. The zero-order valence-electron chi connectivity index (χ0n) is 17.3. The molecule has 7 nitrogen and oxygen atoms in total. The van der Waals surface area contributed by atoms with Crippen molar-refractivity contribution in [3.8, 4) is 5.69 Å². The fraction of sp³-hybridized carbons (Fsp3) is 0.304. The highest BCUT2D eigenvalue weighted by molar-refractivity contribution is 5.98. The largest absolute Gasteiger partial charge is 0.440 e. The summed E-state index contributed by atoms with van der Waals surface area (Å²) in [6.45, 7) is 4.49. The first-order valence-corrected chi connectivity index (χ1v) is 10.3. The summed E-state index contributed by atoms with van der Waals surface area (Å²) in [6, 6.07) is 10.1. The number of fused-ring (bicyclic) bond motifs is 1. The van der Waals surface area contributed by atoms with Gasteiger partial charge in [-0.2, -0.15) is 15.0 Å². The van der Waals surface area contributed by atoms with Crippen LogP contribution in [0.4, 0.5) is 4.39 Å². The van der Waals surface area contributed by atoms with Crippen LogP contribution in [0, 0.1) is 12.7 Å². The number of aromatic nitrogens is 4. The standard InChI is InChI=1S/C23H22FN5O2/c1-14-3-7-20(29-25-9-10-26-29)18(11-14)23(30)28-13-16(5-4-15(28)2)22-27-19-12-17(24)6-8-21(19)31-22/h3,6-12,15-16H,4-5,13H2,1-2H3/t15-,16-/m1/s1. The molecule has 2 atom stereocenters. The van der Waals surface area contributed by atoms with Crippen LogP contribution in [0.15, 0.2) is 53.2 Å². The average Bonchev–Trinajstić information content (AvgIpc) is 3.43. The first-order chi connectivity index (χ1) is 15.0. The van der Waals surface area contributed by atoms with Crippen molar-refractivity contribution in [1.82, 2.24) is 24.9 Å². The van der Waals surface area contributed by atoms with Crippen LogP contribution in [-0.2, 0) is 0 Å². The van der Waals surface area contributed by atoms with Gasteiger partial charge in [0.05, 0.1) is 29.6 Å². The molecule has 8 heteroatoms. The highest BCUT2D eigenvalue weighted by atomic mass is 19.1. The van der Waals surface area contributed by atoms with Gasteiger partial charge in [0.25, 0.3) is 5.91 Å². The molecule has 3 heterocycles. The Labute approximate surface area is 178 Å². The number of halogens is 1. The van der Waals surface area contributed by atoms with Gasteiger partial charge in [0, 0.05) is 18.7 Å². The molecule has 5 rings (SSSR count). The molecule has 1 aliphatic heterocycles. The maximum Gasteiger partial charge on any atom is 0.256 e. The summed E-state index contributed by atoms with van der Waals surface area (Å²) in [5.41, 5.74) is 3.24. The summed E-state index contributed by atoms with van der Waals surface area (Å²) in [5.74, 6) is 0.0752. The van der Waals surface area contributed by atoms with Gasteiger partial charge in [-0.1, -0.05) is 11.6 Å². The van der Waals surface area contributed by atoms with Gasteiger partial charge in [0.15, 0.2) is 11.5 Å². The third-order valence-corrected chi connectivity index (χ3v) is 5.87. The van der Waals surface area contributed by atoms with Crippen molar-refractivity contribution in [1.29, 1.82) is 0 Å². The molecule has 0 saturated carbocycles. The van der Waals surface area contributed by atoms with Crippen LogP contribution in [0.2, 0.25) is 0 Å². The first kappa shape index (κ1) is 19.4. The topological polar surface area (TPSA) is 77.1 Å². The number of oxazole rings is 1. The van der Waals surface area contributed by atoms with Crippen LogP contribution >= 0.6 is 0 Å². The van der Waals surface area contributed by atoms with Crippen molar-refractivity contribution >= 4 is 17.0 Å². The van der Waals surface area contributed by atoms with Gasteiger partial charge in [-0.05, 0) is 51.0 Å². The van der Waals surface area contributed by atoms with Crippen LogP contribution in [0.1, 0.15) is 47.5 Å². The minimum atomic E-state index is -0.347. The van der Waals surface area contributed by atoms with E-state index in [-0.39, 0.29) is 23.7 Å². The maximum atomic E-state index is 13.6. The molecule has 0 unspecified atom stereocenters. The molecule has 0 radical (unpaired) electrons. The zero-order valence-corrected chi connectivity index (χ0v) is 17.3. The number of piperidine rings is 1. The fourth-order valence-electron chi connectivity index (χ4n) is 4.17. The first-order valence-electron chi connectivity index (χ1n) is 10.3. The molecule has 2 aromatic heterocycles. The molecule has 0 N–H and O–H groups in total. The Bertz CT molecular complexity index is 1250. The third-order valence-electron chi connectivity index (χ3n) is 5.87. The number of aryl methyl sites for hydroxylation is 1. The van der Waals surface area contributed by atoms with Gasteiger partial charge in [-0.25, -0.2) is 9.37 Å². The van der Waals surface area contributed by atoms with E-state index >= 15 is 0 Å². The molecule has 0 aliphatic carbocycles. The molecule has 158 valence electrons. The molecular formula is C23H22FN5O2. The Morgan fingerprint density at radius 3 is 2.74 bits per heavy atom. The van der Waals surface area contributed by atoms with Crippen LogP contribution in [0.3, 0.4) is 0 Å². The zero-order chi connectivity index (χ0) is 21.5. The Morgan fingerprint density at radius 1 is 1.13 bits per heavy atom. The van der Waals surface area contributed by atoms with Crippen LogP contribution in [0.25, 0.3) is 16.8 Å². The van der Waals surface area contributed by atoms with E-state index in [0.29, 0.717) is 34.8 Å². The third kappa shape index (κ3) is 3.58. The molecule has 31 heavy (non-hydrogen) atoms. The summed E-state index contributed by atoms with van der Waals surface area (Å²) in [6.07, 6.45) is 4.85. The highest BCUT2D eigenvalue weighted by Gasteiger charge is 2.34. The number of amides is 1. The monoisotopic (exact) mass is 419 g/mol. The van der Waals surface area contributed by atoms with Crippen LogP contribution < -0.4 is 0 Å². The van der Waals surface area contributed by atoms with E-state index in [4.69, 9.17) is 4.42 Å². The molecule has 1 amide bonds. The van der Waals surface area contributed by atoms with Gasteiger partial charge >= 0.3 is 0 Å². The number of hydrogen-bond donors (Lipinski definition) is 0. The van der Waals surface area contributed by atoms with Gasteiger partial charge in [-0.3, -0.25) is 4.79 Å². The molecular weight excluding hydrogens is 397 g/mol. The van der Waals surface area contributed by atoms with E-state index in [1.54, 1.807) is 18.5 Å². The maximum absolute atomic E-state index is 13.6. The van der Waals surface area contributed by atoms with Crippen LogP contribution in [-0.4, -0.2) is 43.4 Å². The predicted octanol–water partition coefficient (Wildman–Crippen LogP) is 4.26. The van der Waals surface area contributed by atoms with Gasteiger partial charge in [0.2, 0.25) is 0 Å². The Morgan fingerprint density at radius 2 is 1.94 bits per heavy atom. The van der Waals surface area contributed by atoms with Crippen molar-refractivity contribution in [2.24, 2.45) is 0 Å². The summed E-state index contributed by atoms with van der Waals surface area (Å²) in [5, 5.41) is 8.39. The predicted molar refractivity (Wildman–Crippen MR) is 113 cm³/mol. The second-order valence-corrected chi connectivity index (χ2v) is 8.08. The number of likely N-dealkylation sites (tertiary alicyclic amines) is 1. The van der Waals surface area contributed by atoms with Crippen molar-refractivity contribution in [2.75, 3.05) is 6.54 Å². The molecule has 1 fully saturated rings. The van der Waals surface area contributed by atoms with E-state index in [0.717, 1.165) is 18.4 Å². The summed E-state index contributed by atoms with van der Waals surface area (Å²) in [4.78, 5) is 21.5. The van der Waals surface area contributed by atoms with Crippen molar-refractivity contribution in [2.45, 2.75) is 38.6 Å². The second kappa shape index (κ2) is 7.61. The number of rotatable bonds is 3. The fourth-order valence-corrected chi connectivity index (χ4v) is 4.17. The summed E-state index contributed by atoms with van der Waals surface area (Å²) >= 11 is 0. The van der Waals surface area contributed by atoms with Crippen molar-refractivity contribution in [3.63, 3.8) is 0 Å². The van der Waals surface area contributed by atoms with Crippen molar-refractivity contribution < 1.29 is 13.6 Å². The van der Waals surface area contributed by atoms with E-state index in [2.05, 4.69) is 22.1 Å². The van der Waals surface area contributed by atoms with E-state index in [9.17, 15) is 9.18 Å². The van der Waals surface area contributed by atoms with Crippen molar-refractivity contribution in [3.05, 3.63) is 71.6 Å². The number of carbonyl (C=O) groups excluding carboxylic acids is 1. The highest BCUT2D eigenvalue weighted by Crippen LogP contribution is 2.33. The molecule has 4 aromatic rings. The van der Waals surface area contributed by atoms with Gasteiger partial charge < -0.3 is 9.32 Å². The minimum Gasteiger partial charge on any atom is -0.440 e. The average molecular weight is 419 g/mol. The molecule has 1 saturated heterocycles. The molecule has 2 aromatic carbocycles. The Balaban J connectivity index is 1.47. The molecule has 0 spiro atoms. The number of carbonyl (C=O) groups is 1. The lowest BCUT2D eigenvalue weighted by Crippen LogP contribution is -2.45. The van der Waals surface area contributed by atoms with Gasteiger partial charge in [0.1, 0.15) is 11.3 Å². The Kier molecular flexibility index (Phi) is 4.77. The minimum absolute atomic E-state index is 0.0494. The normalized spacial score (nSPS) is 19.1. The van der Waals surface area contributed by atoms with E-state index in [1.807, 2.05) is 30.0 Å². The lowest BCUT2D eigenvalue weighted by Gasteiger charge is -2.37. The summed E-state index contributed by atoms with van der Waals surface area (Å²) in [7, 11) is 0. The quantitative estimate of drug-likeness (QED) is 0.496. The number of hydrogen-bond acceptors (Lipinski definition) is 5. The van der Waals surface area contributed by atoms with E-state index in [1.165, 1.54) is 16.9 Å². The number of nitrogens with zero attached hydrogens (tertiary/aromatic N) is 5. The Hall–Kier alpha value is -3.55. The lowest BCUT2D eigenvalue weighted by atomic mass is 9.92. The number of benzene rings is 2. The van der Waals surface area contributed by atoms with Gasteiger partial charge in [-0.15, -0.1) is 0 Å². The molecule has 1 aliphatic rings. The second-order valence-electron chi connectivity index (χ2n) is 8.08. The smallest absolute Gasteiger partial charge is 0.256 e. The SMILES string of the molecule is Cc1ccc(-n2nccn2)c(C(=O)N2C[C@H](c3nc4cc(F)ccc4o3)CC[C@H]2C)c1. The lowest BCUT2D eigenvalue weighted by molar-refractivity contribution is 0.0597. The molecule has 0 bridgehead atoms. The van der Waals surface area contributed by atoms with Crippen LogP contribution in [0.5, 0.6) is 0 Å². The van der Waals surface area contributed by atoms with E-state index < -0.39 is 0 Å².